The largest absolute Gasteiger partial charge is 0.325 e. The van der Waals surface area contributed by atoms with Crippen LogP contribution in [0.2, 0.25) is 0 Å². The van der Waals surface area contributed by atoms with E-state index in [0.29, 0.717) is 0 Å². The maximum Gasteiger partial charge on any atom is 0.325 e. The molecular formula is C6H11BrN2O. The predicted molar refractivity (Wildman–Crippen MR) is 45.6 cm³/mol. The molecule has 10 heavy (non-hydrogen) atoms. The molecule has 1 aromatic rings. The van der Waals surface area contributed by atoms with Crippen LogP contribution >= 0.6 is 15.9 Å². The molecule has 4 heteroatoms. The van der Waals surface area contributed by atoms with Crippen LogP contribution in [-0.2, 0) is 6.54 Å². The number of hydrogen-bond acceptors (Lipinski definition) is 1. The third kappa shape index (κ3) is 2.39. The van der Waals surface area contributed by atoms with Crippen LogP contribution < -0.4 is 5.69 Å². The maximum atomic E-state index is 10.6. The summed E-state index contributed by atoms with van der Waals surface area (Å²) >= 11 is 2.94. The van der Waals surface area contributed by atoms with Gasteiger partial charge in [-0.15, -0.1) is 0 Å². The van der Waals surface area contributed by atoms with Crippen LogP contribution in [0.15, 0.2) is 17.2 Å². The smallest absolute Gasteiger partial charge is 0.313 e. The van der Waals surface area contributed by atoms with E-state index in [0.717, 1.165) is 6.54 Å². The van der Waals surface area contributed by atoms with Gasteiger partial charge in [0.25, 0.3) is 0 Å². The fraction of sp³-hybridized carbons (Fsp3) is 0.500. The Hall–Kier alpha value is -0.510. The fourth-order valence-corrected chi connectivity index (χ4v) is 0.598. The van der Waals surface area contributed by atoms with E-state index >= 15 is 0 Å². The van der Waals surface area contributed by atoms with E-state index in [2.05, 4.69) is 20.9 Å². The van der Waals surface area contributed by atoms with Gasteiger partial charge in [-0.3, -0.25) is 4.57 Å². The van der Waals surface area contributed by atoms with Gasteiger partial charge in [0.2, 0.25) is 0 Å². The summed E-state index contributed by atoms with van der Waals surface area (Å²) in [6.07, 6.45) is 3.36. The monoisotopic (exact) mass is 206 g/mol. The standard InChI is InChI=1S/C5H8N2O.CH3Br/c1-2-7-4-3-6-5(7)8;1-2/h3-4H,2H2,1H3,(H,6,8);1H3. The Morgan fingerprint density at radius 1 is 1.70 bits per heavy atom. The maximum absolute atomic E-state index is 10.6. The summed E-state index contributed by atoms with van der Waals surface area (Å²) in [5.41, 5.74) is -0.0347. The van der Waals surface area contributed by atoms with E-state index in [-0.39, 0.29) is 5.69 Å². The van der Waals surface area contributed by atoms with E-state index < -0.39 is 0 Å². The molecule has 0 aromatic carbocycles. The molecule has 0 atom stereocenters. The summed E-state index contributed by atoms with van der Waals surface area (Å²) in [6, 6.07) is 0. The lowest BCUT2D eigenvalue weighted by molar-refractivity contribution is 0.730. The number of aromatic nitrogens is 2. The molecule has 0 radical (unpaired) electrons. The van der Waals surface area contributed by atoms with Gasteiger partial charge in [-0.25, -0.2) is 4.79 Å². The molecule has 1 rings (SSSR count). The number of nitrogens with one attached hydrogen (secondary N) is 1. The highest BCUT2D eigenvalue weighted by molar-refractivity contribution is 9.08. The number of rotatable bonds is 1. The van der Waals surface area contributed by atoms with Crippen molar-refractivity contribution in [2.45, 2.75) is 13.5 Å². The van der Waals surface area contributed by atoms with Gasteiger partial charge in [0, 0.05) is 18.9 Å². The molecule has 0 unspecified atom stereocenters. The van der Waals surface area contributed by atoms with Crippen molar-refractivity contribution < 1.29 is 0 Å². The highest BCUT2D eigenvalue weighted by Crippen LogP contribution is 1.73. The Kier molecular flexibility index (Phi) is 5.02. The first-order valence-corrected chi connectivity index (χ1v) is 4.55. The Labute approximate surface area is 68.2 Å². The molecule has 1 heterocycles. The van der Waals surface area contributed by atoms with Crippen LogP contribution in [0.3, 0.4) is 0 Å². The zero-order valence-corrected chi connectivity index (χ0v) is 7.68. The average Bonchev–Trinajstić information content (AvgIpc) is 2.39. The summed E-state index contributed by atoms with van der Waals surface area (Å²) in [6.45, 7) is 2.66. The molecule has 1 N–H and O–H groups in total. The Morgan fingerprint density at radius 2 is 2.30 bits per heavy atom. The molecule has 0 aliphatic carbocycles. The second-order valence-corrected chi connectivity index (χ2v) is 1.55. The average molecular weight is 207 g/mol. The fourth-order valence-electron chi connectivity index (χ4n) is 0.598. The van der Waals surface area contributed by atoms with E-state index in [1.807, 2.05) is 12.8 Å². The molecule has 0 saturated carbocycles. The number of alkyl halides is 1. The first-order valence-electron chi connectivity index (χ1n) is 2.96. The van der Waals surface area contributed by atoms with E-state index in [1.54, 1.807) is 17.0 Å². The molecule has 0 aliphatic rings. The molecule has 0 aliphatic heterocycles. The van der Waals surface area contributed by atoms with Crippen LogP contribution in [0.5, 0.6) is 0 Å². The van der Waals surface area contributed by atoms with Crippen molar-refractivity contribution in [2.24, 2.45) is 0 Å². The highest BCUT2D eigenvalue weighted by Gasteiger charge is 1.86. The van der Waals surface area contributed by atoms with Gasteiger partial charge in [-0.1, -0.05) is 15.9 Å². The molecule has 58 valence electrons. The van der Waals surface area contributed by atoms with Crippen LogP contribution in [0, 0.1) is 0 Å². The summed E-state index contributed by atoms with van der Waals surface area (Å²) < 4.78 is 1.60. The number of aromatic amines is 1. The number of imidazole rings is 1. The van der Waals surface area contributed by atoms with Crippen molar-refractivity contribution in [3.05, 3.63) is 22.9 Å². The molecule has 0 spiro atoms. The summed E-state index contributed by atoms with van der Waals surface area (Å²) in [5.74, 6) is 1.81. The summed E-state index contributed by atoms with van der Waals surface area (Å²) in [4.78, 5) is 13.1. The lowest BCUT2D eigenvalue weighted by atomic mass is 10.7. The van der Waals surface area contributed by atoms with Gasteiger partial charge in [-0.05, 0) is 12.8 Å². The first kappa shape index (κ1) is 9.49. The van der Waals surface area contributed by atoms with E-state index in [1.165, 1.54) is 0 Å². The molecule has 0 saturated heterocycles. The Morgan fingerprint density at radius 3 is 2.50 bits per heavy atom. The highest BCUT2D eigenvalue weighted by atomic mass is 79.9. The van der Waals surface area contributed by atoms with Crippen molar-refractivity contribution >= 4 is 15.9 Å². The second-order valence-electron chi connectivity index (χ2n) is 1.55. The quantitative estimate of drug-likeness (QED) is 0.690. The van der Waals surface area contributed by atoms with Gasteiger partial charge >= 0.3 is 5.69 Å². The summed E-state index contributed by atoms with van der Waals surface area (Å²) in [7, 11) is 0. The topological polar surface area (TPSA) is 37.8 Å². The zero-order valence-electron chi connectivity index (χ0n) is 6.10. The van der Waals surface area contributed by atoms with Crippen molar-refractivity contribution in [3.63, 3.8) is 0 Å². The zero-order chi connectivity index (χ0) is 7.98. The van der Waals surface area contributed by atoms with Crippen molar-refractivity contribution in [2.75, 3.05) is 5.83 Å². The summed E-state index contributed by atoms with van der Waals surface area (Å²) in [5, 5.41) is 0. The van der Waals surface area contributed by atoms with Gasteiger partial charge in [0.05, 0.1) is 0 Å². The van der Waals surface area contributed by atoms with Crippen LogP contribution in [0.4, 0.5) is 0 Å². The molecule has 0 bridgehead atoms. The molecule has 1 aromatic heterocycles. The van der Waals surface area contributed by atoms with Crippen LogP contribution in [0.25, 0.3) is 0 Å². The molecule has 0 fully saturated rings. The van der Waals surface area contributed by atoms with Crippen LogP contribution in [-0.4, -0.2) is 15.4 Å². The minimum atomic E-state index is -0.0347. The minimum Gasteiger partial charge on any atom is -0.313 e. The molecular weight excluding hydrogens is 196 g/mol. The second kappa shape index (κ2) is 5.29. The number of aryl methyl sites for hydroxylation is 1. The van der Waals surface area contributed by atoms with E-state index in [9.17, 15) is 4.79 Å². The van der Waals surface area contributed by atoms with Gasteiger partial charge in [0.1, 0.15) is 0 Å². The van der Waals surface area contributed by atoms with Crippen molar-refractivity contribution in [1.82, 2.24) is 9.55 Å². The third-order valence-electron chi connectivity index (χ3n) is 1.06. The SMILES string of the molecule is CBr.CCn1cc[nH]c1=O. The molecule has 3 nitrogen and oxygen atoms in total. The number of nitrogens with zero attached hydrogens (tertiary/aromatic N) is 1. The van der Waals surface area contributed by atoms with Crippen molar-refractivity contribution in [1.29, 1.82) is 0 Å². The normalized spacial score (nSPS) is 8.30. The van der Waals surface area contributed by atoms with Crippen molar-refractivity contribution in [3.8, 4) is 0 Å². The number of hydrogen-bond donors (Lipinski definition) is 1. The van der Waals surface area contributed by atoms with Gasteiger partial charge < -0.3 is 4.98 Å². The van der Waals surface area contributed by atoms with Gasteiger partial charge in [0.15, 0.2) is 0 Å². The number of H-pyrrole nitrogens is 1. The lowest BCUT2D eigenvalue weighted by Crippen LogP contribution is -2.14. The third-order valence-corrected chi connectivity index (χ3v) is 1.06. The van der Waals surface area contributed by atoms with Gasteiger partial charge in [-0.2, -0.15) is 0 Å². The Bertz CT molecular complexity index is 216. The minimum absolute atomic E-state index is 0.0347. The van der Waals surface area contributed by atoms with E-state index in [4.69, 9.17) is 0 Å². The Balaban J connectivity index is 0.000000371. The lowest BCUT2D eigenvalue weighted by Gasteiger charge is -1.87. The number of halogens is 1. The first-order chi connectivity index (χ1) is 4.84. The predicted octanol–water partition coefficient (Wildman–Crippen LogP) is 1.21. The van der Waals surface area contributed by atoms with Crippen LogP contribution in [0.1, 0.15) is 6.92 Å². The molecule has 0 amide bonds.